The van der Waals surface area contributed by atoms with Crippen LogP contribution in [0, 0.1) is 0 Å². The quantitative estimate of drug-likeness (QED) is 0.467. The Morgan fingerprint density at radius 1 is 1.25 bits per heavy atom. The Bertz CT molecular complexity index is 6.00. The van der Waals surface area contributed by atoms with E-state index in [0.29, 0.717) is 0 Å². The summed E-state index contributed by atoms with van der Waals surface area (Å²) in [6, 6.07) is 0. The van der Waals surface area contributed by atoms with Crippen LogP contribution in [0.15, 0.2) is 0 Å². The average Bonchev–Trinajstić information content (AvgIpc) is 0.918. The smallest absolute Gasteiger partial charge is 0.152 e. The van der Waals surface area contributed by atoms with Crippen molar-refractivity contribution in [2.45, 2.75) is 0 Å². The summed E-state index contributed by atoms with van der Waals surface area (Å²) in [5, 5.41) is 0. The van der Waals surface area contributed by atoms with Crippen molar-refractivity contribution >= 4 is 12.3 Å². The van der Waals surface area contributed by atoms with E-state index >= 15 is 0 Å². The molecule has 0 bridgehead atoms. The third-order valence-corrected chi connectivity index (χ3v) is 0. The molecule has 0 aromatic rings. The molecule has 0 amide bonds. The Kier molecular flexibility index (Phi) is 20.4. The van der Waals surface area contributed by atoms with Crippen LogP contribution in [0.3, 0.4) is 0 Å². The van der Waals surface area contributed by atoms with E-state index in [-0.39, 0.29) is 29.1 Å². The summed E-state index contributed by atoms with van der Waals surface area (Å²) in [7, 11) is 0. The first kappa shape index (κ1) is 8.84. The molecule has 2 nitrogen and oxygen atoms in total. The van der Waals surface area contributed by atoms with E-state index in [4.69, 9.17) is 9.11 Å². The maximum atomic E-state index is 7.04. The zero-order valence-electron chi connectivity index (χ0n) is 1.64. The minimum Gasteiger partial charge on any atom is -0.307 e. The van der Waals surface area contributed by atoms with Crippen molar-refractivity contribution in [3.8, 4) is 0 Å². The molecule has 0 aromatic carbocycles. The van der Waals surface area contributed by atoms with Crippen LogP contribution in [0.2, 0.25) is 0 Å². The Hall–Kier alpha value is 0.776. The van der Waals surface area contributed by atoms with Gasteiger partial charge in [0.2, 0.25) is 0 Å². The maximum Gasteiger partial charge on any atom is 0.152 e. The van der Waals surface area contributed by atoms with Gasteiger partial charge in [0, 0.05) is 16.8 Å². The van der Waals surface area contributed by atoms with Crippen molar-refractivity contribution in [1.29, 1.82) is 0 Å². The normalized spacial score (nSPS) is 4.50. The molecule has 4 heteroatoms. The second kappa shape index (κ2) is 9.22. The standard InChI is InChI=1S/Co.H2O2S/c;1-3-2/h;1-2H. The van der Waals surface area contributed by atoms with Gasteiger partial charge in [-0.2, -0.15) is 0 Å². The molecule has 0 aliphatic rings. The fourth-order valence-electron chi connectivity index (χ4n) is 0. The van der Waals surface area contributed by atoms with Gasteiger partial charge in [0.25, 0.3) is 0 Å². The summed E-state index contributed by atoms with van der Waals surface area (Å²) in [5.74, 6) is 0. The van der Waals surface area contributed by atoms with E-state index in [0.717, 1.165) is 0 Å². The van der Waals surface area contributed by atoms with Crippen molar-refractivity contribution < 1.29 is 25.9 Å². The van der Waals surface area contributed by atoms with Crippen LogP contribution in [0.1, 0.15) is 0 Å². The third kappa shape index (κ3) is 14.5. The molecule has 29 valence electrons. The molecule has 4 heavy (non-hydrogen) atoms. The molecule has 0 aliphatic heterocycles. The van der Waals surface area contributed by atoms with Gasteiger partial charge in [-0.05, 0) is 0 Å². The van der Waals surface area contributed by atoms with Crippen molar-refractivity contribution in [2.75, 3.05) is 0 Å². The van der Waals surface area contributed by atoms with Gasteiger partial charge >= 0.3 is 0 Å². The monoisotopic (exact) mass is 125 g/mol. The van der Waals surface area contributed by atoms with Crippen LogP contribution in [-0.4, -0.2) is 9.11 Å². The molecule has 0 fully saturated rings. The number of hydrogen-bond acceptors (Lipinski definition) is 3. The molecule has 0 rings (SSSR count). The Labute approximate surface area is 38.8 Å². The molecule has 0 heterocycles. The van der Waals surface area contributed by atoms with E-state index in [9.17, 15) is 0 Å². The molecule has 0 unspecified atom stereocenters. The minimum atomic E-state index is -0.250. The zero-order valence-corrected chi connectivity index (χ0v) is 3.49. The third-order valence-electron chi connectivity index (χ3n) is 0. The van der Waals surface area contributed by atoms with Gasteiger partial charge in [-0.15, -0.1) is 0 Å². The van der Waals surface area contributed by atoms with Crippen LogP contribution >= 0.6 is 12.3 Å². The zero-order chi connectivity index (χ0) is 2.71. The summed E-state index contributed by atoms with van der Waals surface area (Å²) < 4.78 is 14.1. The van der Waals surface area contributed by atoms with Crippen LogP contribution in [0.4, 0.5) is 0 Å². The van der Waals surface area contributed by atoms with E-state index in [1.54, 1.807) is 0 Å². The molecule has 0 aliphatic carbocycles. The van der Waals surface area contributed by atoms with Gasteiger partial charge in [-0.3, -0.25) is 0 Å². The predicted octanol–water partition coefficient (Wildman–Crippen LogP) is 0.663. The first-order valence-electron chi connectivity index (χ1n) is 0.365. The van der Waals surface area contributed by atoms with Crippen molar-refractivity contribution in [1.82, 2.24) is 0 Å². The predicted molar refractivity (Wildman–Crippen MR) is 12.8 cm³/mol. The second-order valence-corrected chi connectivity index (χ2v) is 0.245. The molecule has 0 atom stereocenters. The first-order chi connectivity index (χ1) is 1.41. The van der Waals surface area contributed by atoms with Crippen LogP contribution in [-0.2, 0) is 16.8 Å². The van der Waals surface area contributed by atoms with Gasteiger partial charge in [-0.25, -0.2) is 0 Å². The molecule has 2 N–H and O–H groups in total. The van der Waals surface area contributed by atoms with Gasteiger partial charge in [-0.1, -0.05) is 0 Å². The Morgan fingerprint density at radius 2 is 1.25 bits per heavy atom. The summed E-state index contributed by atoms with van der Waals surface area (Å²) in [5.41, 5.74) is 0. The van der Waals surface area contributed by atoms with E-state index in [2.05, 4.69) is 0 Å². The van der Waals surface area contributed by atoms with Crippen molar-refractivity contribution in [2.24, 2.45) is 0 Å². The largest absolute Gasteiger partial charge is 0.307 e. The van der Waals surface area contributed by atoms with E-state index in [1.807, 2.05) is 0 Å². The summed E-state index contributed by atoms with van der Waals surface area (Å²) in [4.78, 5) is 0. The SMILES string of the molecule is OSO.[Co]. The molecule has 1 radical (unpaired) electrons. The Balaban J connectivity index is 0. The van der Waals surface area contributed by atoms with Crippen molar-refractivity contribution in [3.63, 3.8) is 0 Å². The first-order valence-corrected chi connectivity index (χ1v) is 1.10. The topological polar surface area (TPSA) is 40.5 Å². The molecular weight excluding hydrogens is 123 g/mol. The second-order valence-electron chi connectivity index (χ2n) is 0.0816. The molecule has 0 spiro atoms. The van der Waals surface area contributed by atoms with E-state index < -0.39 is 0 Å². The number of rotatable bonds is 0. The van der Waals surface area contributed by atoms with Gasteiger partial charge in [0.15, 0.2) is 12.3 Å². The van der Waals surface area contributed by atoms with Gasteiger partial charge in [0.05, 0.1) is 0 Å². The van der Waals surface area contributed by atoms with Crippen LogP contribution in [0.5, 0.6) is 0 Å². The maximum absolute atomic E-state index is 7.04. The fraction of sp³-hybridized carbons (Fsp3) is 0. The van der Waals surface area contributed by atoms with Gasteiger partial charge in [0.1, 0.15) is 0 Å². The molecular formula is H2CoO2S. The molecule has 0 saturated carbocycles. The number of hydrogen-bond donors (Lipinski definition) is 2. The van der Waals surface area contributed by atoms with Gasteiger partial charge < -0.3 is 9.11 Å². The van der Waals surface area contributed by atoms with E-state index in [1.165, 1.54) is 0 Å². The summed E-state index contributed by atoms with van der Waals surface area (Å²) in [6.07, 6.45) is 0. The van der Waals surface area contributed by atoms with Crippen LogP contribution in [0.25, 0.3) is 0 Å². The average molecular weight is 125 g/mol. The molecule has 0 saturated heterocycles. The summed E-state index contributed by atoms with van der Waals surface area (Å²) in [6.45, 7) is 0. The Morgan fingerprint density at radius 3 is 1.25 bits per heavy atom. The van der Waals surface area contributed by atoms with Crippen molar-refractivity contribution in [3.05, 3.63) is 0 Å². The summed E-state index contributed by atoms with van der Waals surface area (Å²) >= 11 is -0.250. The minimum absolute atomic E-state index is 0. The molecule has 0 aromatic heterocycles. The van der Waals surface area contributed by atoms with Crippen LogP contribution < -0.4 is 0 Å². The fourth-order valence-corrected chi connectivity index (χ4v) is 0.